The van der Waals surface area contributed by atoms with Crippen LogP contribution in [0.1, 0.15) is 69.5 Å². The summed E-state index contributed by atoms with van der Waals surface area (Å²) in [5.74, 6) is 0.101. The van der Waals surface area contributed by atoms with Gasteiger partial charge in [-0.3, -0.25) is 19.4 Å². The number of hydrogen-bond acceptors (Lipinski definition) is 4. The van der Waals surface area contributed by atoms with Crippen LogP contribution in [0.25, 0.3) is 0 Å². The first-order valence-electron chi connectivity index (χ1n) is 12.6. The summed E-state index contributed by atoms with van der Waals surface area (Å²) in [5.41, 5.74) is 1.76. The zero-order valence-corrected chi connectivity index (χ0v) is 20.9. The van der Waals surface area contributed by atoms with E-state index in [4.69, 9.17) is 4.74 Å². The maximum absolute atomic E-state index is 13.7. The van der Waals surface area contributed by atoms with E-state index >= 15 is 0 Å². The fraction of sp³-hybridized carbons (Fsp3) is 0.464. The van der Waals surface area contributed by atoms with Crippen molar-refractivity contribution in [2.24, 2.45) is 0 Å². The van der Waals surface area contributed by atoms with Crippen molar-refractivity contribution in [1.29, 1.82) is 0 Å². The number of nitrogens with one attached hydrogen (secondary N) is 1. The minimum absolute atomic E-state index is 0.263. The van der Waals surface area contributed by atoms with Crippen LogP contribution in [-0.4, -0.2) is 41.4 Å². The Morgan fingerprint density at radius 2 is 1.71 bits per heavy atom. The maximum atomic E-state index is 13.7. The molecule has 1 spiro atoms. The SMILES string of the molecule is CCOc1ccccc1C(CC)NC(=O)CN1C(=O)N(c2ccc(C)cc2)C2(CCCCC2)C1=O. The normalized spacial score (nSPS) is 18.1. The third-order valence-electron chi connectivity index (χ3n) is 7.11. The molecule has 4 rings (SSSR count). The van der Waals surface area contributed by atoms with Crippen LogP contribution in [0.2, 0.25) is 0 Å². The molecule has 1 N–H and O–H groups in total. The predicted octanol–water partition coefficient (Wildman–Crippen LogP) is 5.13. The molecule has 0 radical (unpaired) electrons. The van der Waals surface area contributed by atoms with Gasteiger partial charge in [0.2, 0.25) is 5.91 Å². The van der Waals surface area contributed by atoms with Crippen LogP contribution in [0.4, 0.5) is 10.5 Å². The van der Waals surface area contributed by atoms with Crippen molar-refractivity contribution in [3.8, 4) is 5.75 Å². The molecule has 7 heteroatoms. The quantitative estimate of drug-likeness (QED) is 0.535. The average Bonchev–Trinajstić information content (AvgIpc) is 3.05. The van der Waals surface area contributed by atoms with E-state index in [0.717, 1.165) is 41.0 Å². The highest BCUT2D eigenvalue weighted by Gasteiger charge is 2.58. The molecule has 4 amide bonds. The van der Waals surface area contributed by atoms with E-state index in [-0.39, 0.29) is 24.4 Å². The molecule has 1 aliphatic carbocycles. The lowest BCUT2D eigenvalue weighted by Gasteiger charge is -2.38. The summed E-state index contributed by atoms with van der Waals surface area (Å²) in [4.78, 5) is 43.2. The fourth-order valence-electron chi connectivity index (χ4n) is 5.34. The molecule has 1 saturated carbocycles. The Morgan fingerprint density at radius 3 is 2.37 bits per heavy atom. The highest BCUT2D eigenvalue weighted by molar-refractivity contribution is 6.18. The number of carbonyl (C=O) groups excluding carboxylic acids is 3. The molecule has 1 atom stereocenters. The van der Waals surface area contributed by atoms with Gasteiger partial charge in [0.05, 0.1) is 12.6 Å². The Kier molecular flexibility index (Phi) is 7.43. The Morgan fingerprint density at radius 1 is 1.03 bits per heavy atom. The second kappa shape index (κ2) is 10.5. The number of amides is 4. The highest BCUT2D eigenvalue weighted by atomic mass is 16.5. The lowest BCUT2D eigenvalue weighted by molar-refractivity contribution is -0.135. The van der Waals surface area contributed by atoms with Gasteiger partial charge < -0.3 is 10.1 Å². The zero-order valence-electron chi connectivity index (χ0n) is 20.9. The van der Waals surface area contributed by atoms with E-state index in [1.807, 2.05) is 69.3 Å². The number of carbonyl (C=O) groups is 3. The van der Waals surface area contributed by atoms with E-state index in [1.54, 1.807) is 4.90 Å². The fourth-order valence-corrected chi connectivity index (χ4v) is 5.34. The third-order valence-corrected chi connectivity index (χ3v) is 7.11. The molecule has 1 saturated heterocycles. The van der Waals surface area contributed by atoms with Crippen molar-refractivity contribution in [3.63, 3.8) is 0 Å². The van der Waals surface area contributed by atoms with Gasteiger partial charge in [0.25, 0.3) is 5.91 Å². The molecule has 2 aliphatic rings. The third kappa shape index (κ3) is 4.77. The summed E-state index contributed by atoms with van der Waals surface area (Å²) < 4.78 is 5.74. The molecule has 2 aromatic carbocycles. The van der Waals surface area contributed by atoms with Gasteiger partial charge in [-0.25, -0.2) is 4.79 Å². The number of aryl methyl sites for hydroxylation is 1. The van der Waals surface area contributed by atoms with Crippen LogP contribution in [0.5, 0.6) is 5.75 Å². The topological polar surface area (TPSA) is 79.0 Å². The number of imide groups is 1. The molecular formula is C28H35N3O4. The van der Waals surface area contributed by atoms with E-state index in [1.165, 1.54) is 0 Å². The van der Waals surface area contributed by atoms with Crippen LogP contribution in [-0.2, 0) is 9.59 Å². The number of rotatable bonds is 8. The van der Waals surface area contributed by atoms with Crippen molar-refractivity contribution in [2.45, 2.75) is 70.9 Å². The summed E-state index contributed by atoms with van der Waals surface area (Å²) in [6.07, 6.45) is 4.69. The molecule has 0 aromatic heterocycles. The van der Waals surface area contributed by atoms with Crippen LogP contribution in [0.15, 0.2) is 48.5 Å². The molecule has 1 heterocycles. The molecule has 35 heavy (non-hydrogen) atoms. The zero-order chi connectivity index (χ0) is 25.0. The summed E-state index contributed by atoms with van der Waals surface area (Å²) in [6, 6.07) is 14.6. The van der Waals surface area contributed by atoms with Crippen LogP contribution < -0.4 is 15.0 Å². The van der Waals surface area contributed by atoms with Crippen molar-refractivity contribution >= 4 is 23.5 Å². The lowest BCUT2D eigenvalue weighted by Crippen LogP contribution is -2.51. The van der Waals surface area contributed by atoms with Gasteiger partial charge in [-0.05, 0) is 51.3 Å². The largest absolute Gasteiger partial charge is 0.494 e. The molecule has 2 aromatic rings. The molecular weight excluding hydrogens is 442 g/mol. The number of ether oxygens (including phenoxy) is 1. The molecule has 186 valence electrons. The molecule has 1 aliphatic heterocycles. The van der Waals surface area contributed by atoms with E-state index in [2.05, 4.69) is 5.32 Å². The highest BCUT2D eigenvalue weighted by Crippen LogP contribution is 2.43. The van der Waals surface area contributed by atoms with E-state index in [9.17, 15) is 14.4 Å². The standard InChI is InChI=1S/C28H35N3O4/c1-4-23(22-11-7-8-12-24(22)35-5-2)29-25(32)19-30-26(33)28(17-9-6-10-18-28)31(27(30)34)21-15-13-20(3)14-16-21/h7-8,11-16,23H,4-6,9-10,17-19H2,1-3H3,(H,29,32). The minimum Gasteiger partial charge on any atom is -0.494 e. The summed E-state index contributed by atoms with van der Waals surface area (Å²) in [7, 11) is 0. The Bertz CT molecular complexity index is 1080. The van der Waals surface area contributed by atoms with Crippen molar-refractivity contribution < 1.29 is 19.1 Å². The van der Waals surface area contributed by atoms with Crippen LogP contribution in [0.3, 0.4) is 0 Å². The second-order valence-corrected chi connectivity index (χ2v) is 9.44. The lowest BCUT2D eigenvalue weighted by atomic mass is 9.80. The molecule has 2 fully saturated rings. The van der Waals surface area contributed by atoms with Crippen molar-refractivity contribution in [2.75, 3.05) is 18.1 Å². The van der Waals surface area contributed by atoms with Gasteiger partial charge in [0.15, 0.2) is 0 Å². The van der Waals surface area contributed by atoms with Crippen molar-refractivity contribution in [3.05, 3.63) is 59.7 Å². The van der Waals surface area contributed by atoms with Gasteiger partial charge >= 0.3 is 6.03 Å². The van der Waals surface area contributed by atoms with Gasteiger partial charge in [-0.2, -0.15) is 0 Å². The Labute approximate surface area is 207 Å². The monoisotopic (exact) mass is 477 g/mol. The van der Waals surface area contributed by atoms with Gasteiger partial charge in [-0.1, -0.05) is 62.1 Å². The number of hydrogen-bond donors (Lipinski definition) is 1. The predicted molar refractivity (Wildman–Crippen MR) is 135 cm³/mol. The Balaban J connectivity index is 1.56. The maximum Gasteiger partial charge on any atom is 0.332 e. The number of benzene rings is 2. The number of para-hydroxylation sites is 1. The van der Waals surface area contributed by atoms with Crippen LogP contribution in [0, 0.1) is 6.92 Å². The summed E-state index contributed by atoms with van der Waals surface area (Å²) in [6.45, 7) is 6.11. The van der Waals surface area contributed by atoms with E-state index < -0.39 is 11.6 Å². The summed E-state index contributed by atoms with van der Waals surface area (Å²) >= 11 is 0. The molecule has 7 nitrogen and oxygen atoms in total. The first kappa shape index (κ1) is 24.8. The van der Waals surface area contributed by atoms with Gasteiger partial charge in [0.1, 0.15) is 17.8 Å². The average molecular weight is 478 g/mol. The Hall–Kier alpha value is -3.35. The minimum atomic E-state index is -0.906. The molecule has 0 bridgehead atoms. The van der Waals surface area contributed by atoms with Crippen molar-refractivity contribution in [1.82, 2.24) is 10.2 Å². The number of urea groups is 1. The van der Waals surface area contributed by atoms with Gasteiger partial charge in [-0.15, -0.1) is 0 Å². The number of nitrogens with zero attached hydrogens (tertiary/aromatic N) is 2. The smallest absolute Gasteiger partial charge is 0.332 e. The van der Waals surface area contributed by atoms with Gasteiger partial charge in [0, 0.05) is 11.3 Å². The first-order chi connectivity index (χ1) is 16.9. The number of anilines is 1. The second-order valence-electron chi connectivity index (χ2n) is 9.44. The van der Waals surface area contributed by atoms with Crippen LogP contribution >= 0.6 is 0 Å². The molecule has 1 unspecified atom stereocenters. The first-order valence-corrected chi connectivity index (χ1v) is 12.6. The summed E-state index contributed by atoms with van der Waals surface area (Å²) in [5, 5.41) is 3.02. The van der Waals surface area contributed by atoms with E-state index in [0.29, 0.717) is 31.6 Å².